The standard InChI is InChI=1S/C10H20O6/c1-3-4-5-14-6-7-15-9(12)10(13)16-8(2)11/h9-10,12-13H,3-7H2,1-2H3. The number of carbonyl (C=O) groups excluding carboxylic acids is 1. The topological polar surface area (TPSA) is 85.2 Å². The van der Waals surface area contributed by atoms with Gasteiger partial charge in [-0.1, -0.05) is 13.3 Å². The fourth-order valence-corrected chi connectivity index (χ4v) is 0.887. The van der Waals surface area contributed by atoms with Crippen molar-refractivity contribution in [2.45, 2.75) is 39.3 Å². The van der Waals surface area contributed by atoms with Crippen LogP contribution in [0.5, 0.6) is 0 Å². The van der Waals surface area contributed by atoms with Crippen LogP contribution < -0.4 is 0 Å². The second-order valence-corrected chi connectivity index (χ2v) is 3.23. The number of esters is 1. The van der Waals surface area contributed by atoms with E-state index in [0.29, 0.717) is 13.2 Å². The number of aliphatic hydroxyl groups is 2. The Balaban J connectivity index is 3.42. The summed E-state index contributed by atoms with van der Waals surface area (Å²) in [5.74, 6) is -0.686. The third-order valence-corrected chi connectivity index (χ3v) is 1.69. The summed E-state index contributed by atoms with van der Waals surface area (Å²) in [4.78, 5) is 10.4. The summed E-state index contributed by atoms with van der Waals surface area (Å²) in [7, 11) is 0. The Morgan fingerprint density at radius 3 is 2.44 bits per heavy atom. The molecule has 0 aromatic heterocycles. The minimum Gasteiger partial charge on any atom is -0.430 e. The third-order valence-electron chi connectivity index (χ3n) is 1.69. The molecule has 0 saturated heterocycles. The number of aliphatic hydroxyl groups excluding tert-OH is 2. The Morgan fingerprint density at radius 1 is 1.19 bits per heavy atom. The summed E-state index contributed by atoms with van der Waals surface area (Å²) in [5, 5.41) is 18.2. The molecule has 2 atom stereocenters. The van der Waals surface area contributed by atoms with E-state index < -0.39 is 18.5 Å². The van der Waals surface area contributed by atoms with Crippen LogP contribution in [-0.4, -0.2) is 48.6 Å². The van der Waals surface area contributed by atoms with E-state index in [1.54, 1.807) is 0 Å². The van der Waals surface area contributed by atoms with Gasteiger partial charge in [-0.25, -0.2) is 0 Å². The van der Waals surface area contributed by atoms with Crippen molar-refractivity contribution in [1.82, 2.24) is 0 Å². The van der Waals surface area contributed by atoms with E-state index in [-0.39, 0.29) is 6.61 Å². The molecule has 0 saturated carbocycles. The Kier molecular flexibility index (Phi) is 9.12. The summed E-state index contributed by atoms with van der Waals surface area (Å²) in [6.07, 6.45) is -1.18. The first-order valence-electron chi connectivity index (χ1n) is 5.30. The zero-order valence-electron chi connectivity index (χ0n) is 9.72. The minimum absolute atomic E-state index is 0.128. The first-order chi connectivity index (χ1) is 7.57. The van der Waals surface area contributed by atoms with Crippen LogP contribution in [-0.2, 0) is 19.0 Å². The number of unbranched alkanes of at least 4 members (excludes halogenated alkanes) is 1. The average molecular weight is 236 g/mol. The van der Waals surface area contributed by atoms with Crippen LogP contribution in [0.2, 0.25) is 0 Å². The van der Waals surface area contributed by atoms with E-state index in [4.69, 9.17) is 19.7 Å². The highest BCUT2D eigenvalue weighted by Crippen LogP contribution is 1.98. The van der Waals surface area contributed by atoms with E-state index in [1.165, 1.54) is 0 Å². The molecule has 0 bridgehead atoms. The van der Waals surface area contributed by atoms with E-state index in [1.807, 2.05) is 0 Å². The lowest BCUT2D eigenvalue weighted by Crippen LogP contribution is -2.33. The fraction of sp³-hybridized carbons (Fsp3) is 0.900. The van der Waals surface area contributed by atoms with Gasteiger partial charge in [0.05, 0.1) is 13.2 Å². The third kappa shape index (κ3) is 8.60. The summed E-state index contributed by atoms with van der Waals surface area (Å²) in [6, 6.07) is 0. The molecule has 0 heterocycles. The average Bonchev–Trinajstić information content (AvgIpc) is 2.21. The van der Waals surface area contributed by atoms with Crippen LogP contribution in [0.3, 0.4) is 0 Å². The quantitative estimate of drug-likeness (QED) is 0.333. The van der Waals surface area contributed by atoms with Crippen molar-refractivity contribution in [3.63, 3.8) is 0 Å². The normalized spacial score (nSPS) is 14.5. The molecule has 0 aromatic carbocycles. The van der Waals surface area contributed by atoms with E-state index >= 15 is 0 Å². The van der Waals surface area contributed by atoms with Crippen molar-refractivity contribution in [3.05, 3.63) is 0 Å². The Hall–Kier alpha value is -0.690. The molecule has 2 N–H and O–H groups in total. The van der Waals surface area contributed by atoms with Crippen LogP contribution in [0.15, 0.2) is 0 Å². The molecule has 6 nitrogen and oxygen atoms in total. The zero-order valence-corrected chi connectivity index (χ0v) is 9.72. The maximum atomic E-state index is 10.4. The van der Waals surface area contributed by atoms with Gasteiger partial charge in [0.15, 0.2) is 0 Å². The van der Waals surface area contributed by atoms with Gasteiger partial charge in [0.2, 0.25) is 6.29 Å². The Bertz CT molecular complexity index is 184. The molecule has 0 aliphatic heterocycles. The molecule has 96 valence electrons. The molecule has 0 aromatic rings. The van der Waals surface area contributed by atoms with Crippen LogP contribution >= 0.6 is 0 Å². The molecule has 6 heteroatoms. The lowest BCUT2D eigenvalue weighted by atomic mass is 10.4. The zero-order chi connectivity index (χ0) is 12.4. The number of rotatable bonds is 9. The van der Waals surface area contributed by atoms with Gasteiger partial charge in [-0.3, -0.25) is 4.79 Å². The monoisotopic (exact) mass is 236 g/mol. The predicted octanol–water partition coefficient (Wildman–Crippen LogP) is 0.0196. The first kappa shape index (κ1) is 15.3. The van der Waals surface area contributed by atoms with Crippen LogP contribution in [0.1, 0.15) is 26.7 Å². The van der Waals surface area contributed by atoms with Gasteiger partial charge in [0, 0.05) is 13.5 Å². The van der Waals surface area contributed by atoms with Gasteiger partial charge in [-0.05, 0) is 6.42 Å². The van der Waals surface area contributed by atoms with Gasteiger partial charge in [-0.2, -0.15) is 0 Å². The van der Waals surface area contributed by atoms with Gasteiger partial charge < -0.3 is 24.4 Å². The lowest BCUT2D eigenvalue weighted by Gasteiger charge is -2.17. The summed E-state index contributed by atoms with van der Waals surface area (Å²) < 4.78 is 14.3. The summed E-state index contributed by atoms with van der Waals surface area (Å²) in [6.45, 7) is 4.28. The fourth-order valence-electron chi connectivity index (χ4n) is 0.887. The largest absolute Gasteiger partial charge is 0.430 e. The highest BCUT2D eigenvalue weighted by Gasteiger charge is 2.19. The minimum atomic E-state index is -1.66. The van der Waals surface area contributed by atoms with Crippen molar-refractivity contribution in [3.8, 4) is 0 Å². The van der Waals surface area contributed by atoms with Gasteiger partial charge >= 0.3 is 5.97 Å². The maximum absolute atomic E-state index is 10.4. The molecule has 0 aliphatic rings. The molecule has 2 unspecified atom stereocenters. The number of carbonyl (C=O) groups is 1. The molecule has 0 aliphatic carbocycles. The van der Waals surface area contributed by atoms with E-state index in [0.717, 1.165) is 19.8 Å². The lowest BCUT2D eigenvalue weighted by molar-refractivity contribution is -0.247. The molecular formula is C10H20O6. The molecule has 0 amide bonds. The summed E-state index contributed by atoms with van der Waals surface area (Å²) >= 11 is 0. The van der Waals surface area contributed by atoms with Crippen molar-refractivity contribution >= 4 is 5.97 Å². The number of hydrogen-bond acceptors (Lipinski definition) is 6. The summed E-state index contributed by atoms with van der Waals surface area (Å²) in [5.41, 5.74) is 0. The second-order valence-electron chi connectivity index (χ2n) is 3.23. The van der Waals surface area contributed by atoms with Crippen molar-refractivity contribution in [2.24, 2.45) is 0 Å². The Morgan fingerprint density at radius 2 is 1.88 bits per heavy atom. The first-order valence-corrected chi connectivity index (χ1v) is 5.30. The van der Waals surface area contributed by atoms with Crippen LogP contribution in [0.25, 0.3) is 0 Å². The SMILES string of the molecule is CCCCOCCOC(O)C(O)OC(C)=O. The predicted molar refractivity (Wildman–Crippen MR) is 55.5 cm³/mol. The Labute approximate surface area is 95.1 Å². The maximum Gasteiger partial charge on any atom is 0.305 e. The van der Waals surface area contributed by atoms with Gasteiger partial charge in [0.25, 0.3) is 6.29 Å². The molecule has 0 fully saturated rings. The van der Waals surface area contributed by atoms with Crippen molar-refractivity contribution in [2.75, 3.05) is 19.8 Å². The second kappa shape index (κ2) is 9.53. The van der Waals surface area contributed by atoms with Gasteiger partial charge in [-0.15, -0.1) is 0 Å². The van der Waals surface area contributed by atoms with Crippen LogP contribution in [0.4, 0.5) is 0 Å². The van der Waals surface area contributed by atoms with E-state index in [2.05, 4.69) is 11.7 Å². The van der Waals surface area contributed by atoms with Crippen LogP contribution in [0, 0.1) is 0 Å². The van der Waals surface area contributed by atoms with E-state index in [9.17, 15) is 4.79 Å². The molecular weight excluding hydrogens is 216 g/mol. The smallest absolute Gasteiger partial charge is 0.305 e. The highest BCUT2D eigenvalue weighted by atomic mass is 16.7. The van der Waals surface area contributed by atoms with Gasteiger partial charge in [0.1, 0.15) is 0 Å². The number of ether oxygens (including phenoxy) is 3. The number of hydrogen-bond donors (Lipinski definition) is 2. The molecule has 16 heavy (non-hydrogen) atoms. The molecule has 0 spiro atoms. The van der Waals surface area contributed by atoms with Crippen molar-refractivity contribution < 1.29 is 29.2 Å². The molecule has 0 rings (SSSR count). The highest BCUT2D eigenvalue weighted by molar-refractivity contribution is 5.66. The van der Waals surface area contributed by atoms with Crippen molar-refractivity contribution in [1.29, 1.82) is 0 Å². The molecule has 0 radical (unpaired) electrons.